The van der Waals surface area contributed by atoms with Gasteiger partial charge in [0, 0.05) is 17.8 Å². The Morgan fingerprint density at radius 2 is 1.89 bits per heavy atom. The van der Waals surface area contributed by atoms with Crippen LogP contribution >= 0.6 is 12.4 Å². The van der Waals surface area contributed by atoms with E-state index in [1.54, 1.807) is 7.11 Å². The fourth-order valence-corrected chi connectivity index (χ4v) is 4.31. The van der Waals surface area contributed by atoms with E-state index in [-0.39, 0.29) is 12.4 Å². The maximum Gasteiger partial charge on any atom is 0.119 e. The molecular weight excluding hydrogens is 356 g/mol. The van der Waals surface area contributed by atoms with Gasteiger partial charge in [-0.15, -0.1) is 12.4 Å². The van der Waals surface area contributed by atoms with Gasteiger partial charge in [-0.2, -0.15) is 0 Å². The smallest absolute Gasteiger partial charge is 0.119 e. The van der Waals surface area contributed by atoms with Gasteiger partial charge >= 0.3 is 0 Å². The third kappa shape index (κ3) is 3.95. The van der Waals surface area contributed by atoms with E-state index in [9.17, 15) is 0 Å². The van der Waals surface area contributed by atoms with Gasteiger partial charge in [-0.1, -0.05) is 30.3 Å². The minimum absolute atomic E-state index is 0. The summed E-state index contributed by atoms with van der Waals surface area (Å²) in [6.45, 7) is 1.07. The number of aryl methyl sites for hydroxylation is 1. The number of benzene rings is 2. The number of ether oxygens (including phenoxy) is 1. The van der Waals surface area contributed by atoms with Crippen LogP contribution in [0.25, 0.3) is 10.9 Å². The summed E-state index contributed by atoms with van der Waals surface area (Å²) in [6, 6.07) is 19.3. The molecule has 0 amide bonds. The van der Waals surface area contributed by atoms with Crippen LogP contribution < -0.4 is 4.74 Å². The van der Waals surface area contributed by atoms with E-state index < -0.39 is 0 Å². The van der Waals surface area contributed by atoms with Gasteiger partial charge in [0.25, 0.3) is 0 Å². The largest absolute Gasteiger partial charge is 0.497 e. The quantitative estimate of drug-likeness (QED) is 0.640. The van der Waals surface area contributed by atoms with Crippen molar-refractivity contribution in [3.63, 3.8) is 0 Å². The van der Waals surface area contributed by atoms with Crippen LogP contribution in [0.4, 0.5) is 0 Å². The Hall–Kier alpha value is -2.10. The van der Waals surface area contributed by atoms with Crippen molar-refractivity contribution >= 4 is 23.3 Å². The minimum Gasteiger partial charge on any atom is -0.497 e. The Bertz CT molecular complexity index is 925. The highest BCUT2D eigenvalue weighted by Crippen LogP contribution is 2.41. The Labute approximate surface area is 167 Å². The molecule has 0 N–H and O–H groups in total. The molecule has 1 aliphatic rings. The number of rotatable bonds is 4. The normalized spacial score (nSPS) is 18.8. The van der Waals surface area contributed by atoms with Crippen molar-refractivity contribution in [1.29, 1.82) is 0 Å². The number of fused-ring (bicyclic) bond motifs is 2. The van der Waals surface area contributed by atoms with Gasteiger partial charge in [0.2, 0.25) is 0 Å². The van der Waals surface area contributed by atoms with E-state index >= 15 is 0 Å². The van der Waals surface area contributed by atoms with E-state index in [2.05, 4.69) is 67.5 Å². The number of halogens is 1. The second-order valence-corrected chi connectivity index (χ2v) is 7.54. The zero-order chi connectivity index (χ0) is 18.1. The van der Waals surface area contributed by atoms with E-state index in [1.807, 2.05) is 6.07 Å². The fraction of sp³-hybridized carbons (Fsp3) is 0.348. The van der Waals surface area contributed by atoms with Crippen molar-refractivity contribution in [3.05, 3.63) is 71.4 Å². The average molecular weight is 383 g/mol. The molecule has 0 fully saturated rings. The zero-order valence-corrected chi connectivity index (χ0v) is 17.0. The molecule has 1 aliphatic carbocycles. The summed E-state index contributed by atoms with van der Waals surface area (Å²) in [5.41, 5.74) is 5.03. The van der Waals surface area contributed by atoms with Gasteiger partial charge in [-0.3, -0.25) is 4.98 Å². The third-order valence-corrected chi connectivity index (χ3v) is 5.44. The van der Waals surface area contributed by atoms with Crippen LogP contribution in [0.3, 0.4) is 0 Å². The first-order valence-corrected chi connectivity index (χ1v) is 9.33. The van der Waals surface area contributed by atoms with E-state index in [0.717, 1.165) is 24.2 Å². The number of nitrogens with zero attached hydrogens (tertiary/aromatic N) is 2. The summed E-state index contributed by atoms with van der Waals surface area (Å²) < 4.78 is 5.49. The first-order chi connectivity index (χ1) is 12.7. The monoisotopic (exact) mass is 382 g/mol. The van der Waals surface area contributed by atoms with Crippen LogP contribution in [0.1, 0.15) is 29.2 Å². The number of para-hydroxylation sites is 1. The fourth-order valence-electron chi connectivity index (χ4n) is 4.31. The molecule has 27 heavy (non-hydrogen) atoms. The number of methoxy groups -OCH3 is 1. The molecule has 2 unspecified atom stereocenters. The Morgan fingerprint density at radius 3 is 2.67 bits per heavy atom. The lowest BCUT2D eigenvalue weighted by Gasteiger charge is -2.35. The van der Waals surface area contributed by atoms with Gasteiger partial charge in [0.15, 0.2) is 0 Å². The van der Waals surface area contributed by atoms with Crippen LogP contribution in [0.5, 0.6) is 5.75 Å². The number of pyridine rings is 1. The Morgan fingerprint density at radius 1 is 1.07 bits per heavy atom. The SMILES string of the molecule is COc1cccc(C2c3nc4ccccc4cc3CCC2CN(C)C)c1.Cl. The summed E-state index contributed by atoms with van der Waals surface area (Å²) in [6.07, 6.45) is 2.29. The summed E-state index contributed by atoms with van der Waals surface area (Å²) >= 11 is 0. The highest BCUT2D eigenvalue weighted by atomic mass is 35.5. The van der Waals surface area contributed by atoms with Crippen molar-refractivity contribution in [3.8, 4) is 5.75 Å². The van der Waals surface area contributed by atoms with E-state index in [0.29, 0.717) is 11.8 Å². The van der Waals surface area contributed by atoms with Crippen LogP contribution in [-0.4, -0.2) is 37.6 Å². The summed E-state index contributed by atoms with van der Waals surface area (Å²) in [4.78, 5) is 7.42. The second kappa shape index (κ2) is 8.28. The van der Waals surface area contributed by atoms with Crippen molar-refractivity contribution in [2.24, 2.45) is 5.92 Å². The Balaban J connectivity index is 0.00000210. The van der Waals surface area contributed by atoms with Crippen LogP contribution in [0.2, 0.25) is 0 Å². The lowest BCUT2D eigenvalue weighted by Crippen LogP contribution is -2.31. The van der Waals surface area contributed by atoms with E-state index in [4.69, 9.17) is 9.72 Å². The first-order valence-electron chi connectivity index (χ1n) is 9.33. The molecule has 142 valence electrons. The molecule has 2 aromatic carbocycles. The molecular formula is C23H27ClN2O. The maximum absolute atomic E-state index is 5.49. The molecule has 4 heteroatoms. The summed E-state index contributed by atoms with van der Waals surface area (Å²) in [5, 5.41) is 1.24. The van der Waals surface area contributed by atoms with Gasteiger partial charge in [-0.25, -0.2) is 0 Å². The molecule has 0 saturated heterocycles. The predicted molar refractivity (Wildman–Crippen MR) is 114 cm³/mol. The molecule has 1 heterocycles. The van der Waals surface area contributed by atoms with Crippen LogP contribution in [-0.2, 0) is 6.42 Å². The highest BCUT2D eigenvalue weighted by Gasteiger charge is 2.33. The first kappa shape index (κ1) is 19.7. The molecule has 0 bridgehead atoms. The minimum atomic E-state index is 0. The van der Waals surface area contributed by atoms with Gasteiger partial charge in [0.1, 0.15) is 5.75 Å². The van der Waals surface area contributed by atoms with Crippen LogP contribution in [0, 0.1) is 5.92 Å². The predicted octanol–water partition coefficient (Wildman–Crippen LogP) is 4.92. The van der Waals surface area contributed by atoms with Gasteiger partial charge in [0.05, 0.1) is 18.3 Å². The number of aromatic nitrogens is 1. The second-order valence-electron chi connectivity index (χ2n) is 7.54. The van der Waals surface area contributed by atoms with Gasteiger partial charge < -0.3 is 9.64 Å². The molecule has 0 radical (unpaired) electrons. The summed E-state index contributed by atoms with van der Waals surface area (Å²) in [7, 11) is 6.05. The molecule has 1 aromatic heterocycles. The summed E-state index contributed by atoms with van der Waals surface area (Å²) in [5.74, 6) is 1.78. The lowest BCUT2D eigenvalue weighted by atomic mass is 9.73. The third-order valence-electron chi connectivity index (χ3n) is 5.44. The highest BCUT2D eigenvalue weighted by molar-refractivity contribution is 5.85. The topological polar surface area (TPSA) is 25.4 Å². The number of hydrogen-bond acceptors (Lipinski definition) is 3. The molecule has 4 rings (SSSR count). The van der Waals surface area contributed by atoms with Gasteiger partial charge in [-0.05, 0) is 68.2 Å². The van der Waals surface area contributed by atoms with Crippen molar-refractivity contribution in [2.45, 2.75) is 18.8 Å². The van der Waals surface area contributed by atoms with E-state index in [1.165, 1.54) is 28.6 Å². The molecule has 3 nitrogen and oxygen atoms in total. The molecule has 0 spiro atoms. The van der Waals surface area contributed by atoms with Crippen LogP contribution in [0.15, 0.2) is 54.6 Å². The number of hydrogen-bond donors (Lipinski definition) is 0. The van der Waals surface area contributed by atoms with Crippen molar-refractivity contribution in [2.75, 3.05) is 27.7 Å². The zero-order valence-electron chi connectivity index (χ0n) is 16.2. The maximum atomic E-state index is 5.49. The molecule has 2 atom stereocenters. The Kier molecular flexibility index (Phi) is 6.03. The molecule has 0 aliphatic heterocycles. The molecule has 3 aromatic rings. The lowest BCUT2D eigenvalue weighted by molar-refractivity contribution is 0.279. The van der Waals surface area contributed by atoms with Crippen molar-refractivity contribution < 1.29 is 4.74 Å². The standard InChI is InChI=1S/C23H26N2O.ClH/c1-25(2)15-19-12-11-18-13-16-7-4-5-10-21(16)24-23(18)22(19)17-8-6-9-20(14-17)26-3;/h4-10,13-14,19,22H,11-12,15H2,1-3H3;1H. The molecule has 0 saturated carbocycles. The average Bonchev–Trinajstić information content (AvgIpc) is 2.66. The van der Waals surface area contributed by atoms with Crippen molar-refractivity contribution in [1.82, 2.24) is 9.88 Å².